The Morgan fingerprint density at radius 3 is 2.88 bits per heavy atom. The quantitative estimate of drug-likeness (QED) is 0.292. The first-order valence-electron chi connectivity index (χ1n) is 8.56. The van der Waals surface area contributed by atoms with Crippen LogP contribution >= 0.6 is 24.0 Å². The van der Waals surface area contributed by atoms with Gasteiger partial charge in [-0.3, -0.25) is 0 Å². The maximum absolute atomic E-state index is 6.01. The third-order valence-electron chi connectivity index (χ3n) is 3.82. The Morgan fingerprint density at radius 2 is 2.17 bits per heavy atom. The van der Waals surface area contributed by atoms with Crippen LogP contribution in [0.4, 0.5) is 0 Å². The number of nitrogens with zero attached hydrogens (tertiary/aromatic N) is 2. The number of hydrogen-bond donors (Lipinski definition) is 2. The summed E-state index contributed by atoms with van der Waals surface area (Å²) >= 11 is 0. The molecule has 1 aromatic heterocycles. The molecule has 1 aliphatic carbocycles. The normalized spacial score (nSPS) is 15.3. The Balaban J connectivity index is 0.00000288. The van der Waals surface area contributed by atoms with Gasteiger partial charge in [-0.15, -0.1) is 30.6 Å². The number of guanidine groups is 1. The molecule has 5 nitrogen and oxygen atoms in total. The Labute approximate surface area is 162 Å². The second kappa shape index (κ2) is 12.1. The van der Waals surface area contributed by atoms with Crippen LogP contribution in [0.2, 0.25) is 0 Å². The number of pyridine rings is 1. The minimum Gasteiger partial charge on any atom is -0.474 e. The van der Waals surface area contributed by atoms with Crippen LogP contribution in [0, 0.1) is 0 Å². The molecule has 0 aromatic carbocycles. The van der Waals surface area contributed by atoms with Crippen LogP contribution in [0.5, 0.6) is 5.88 Å². The van der Waals surface area contributed by atoms with Crippen molar-refractivity contribution < 1.29 is 4.74 Å². The van der Waals surface area contributed by atoms with Gasteiger partial charge in [0.1, 0.15) is 6.10 Å². The van der Waals surface area contributed by atoms with Crippen molar-refractivity contribution >= 4 is 29.9 Å². The molecule has 2 N–H and O–H groups in total. The van der Waals surface area contributed by atoms with Crippen LogP contribution in [-0.2, 0) is 6.54 Å². The lowest BCUT2D eigenvalue weighted by molar-refractivity contribution is 0.148. The minimum absolute atomic E-state index is 0. The zero-order valence-electron chi connectivity index (χ0n) is 14.5. The van der Waals surface area contributed by atoms with Gasteiger partial charge in [-0.05, 0) is 44.2 Å². The summed E-state index contributed by atoms with van der Waals surface area (Å²) in [6, 6.07) is 3.98. The maximum atomic E-state index is 6.01. The van der Waals surface area contributed by atoms with Crippen LogP contribution in [0.1, 0.15) is 44.6 Å². The molecule has 0 radical (unpaired) electrons. The summed E-state index contributed by atoms with van der Waals surface area (Å²) in [5, 5.41) is 6.41. The summed E-state index contributed by atoms with van der Waals surface area (Å²) in [6.07, 6.45) is 10.1. The van der Waals surface area contributed by atoms with E-state index in [0.29, 0.717) is 25.1 Å². The number of ether oxygens (including phenoxy) is 1. The number of nitrogens with one attached hydrogen (secondary N) is 2. The molecule has 1 aliphatic rings. The fourth-order valence-corrected chi connectivity index (χ4v) is 2.65. The van der Waals surface area contributed by atoms with Crippen LogP contribution < -0.4 is 15.4 Å². The largest absolute Gasteiger partial charge is 0.474 e. The molecule has 1 saturated carbocycles. The van der Waals surface area contributed by atoms with Crippen molar-refractivity contribution in [1.29, 1.82) is 0 Å². The van der Waals surface area contributed by atoms with Crippen molar-refractivity contribution in [2.24, 2.45) is 4.99 Å². The highest BCUT2D eigenvalue weighted by atomic mass is 127. The Bertz CT molecular complexity index is 515. The van der Waals surface area contributed by atoms with Gasteiger partial charge in [-0.1, -0.05) is 12.5 Å². The van der Waals surface area contributed by atoms with Crippen LogP contribution in [0.25, 0.3) is 0 Å². The third kappa shape index (κ3) is 7.51. The molecule has 1 heterocycles. The molecule has 0 amide bonds. The topological polar surface area (TPSA) is 58.5 Å². The van der Waals surface area contributed by atoms with Gasteiger partial charge >= 0.3 is 0 Å². The lowest BCUT2D eigenvalue weighted by Gasteiger charge is -2.22. The van der Waals surface area contributed by atoms with E-state index in [1.165, 1.54) is 19.3 Å². The molecule has 1 fully saturated rings. The molecule has 0 atom stereocenters. The van der Waals surface area contributed by atoms with E-state index in [1.54, 1.807) is 6.20 Å². The van der Waals surface area contributed by atoms with Gasteiger partial charge in [0, 0.05) is 25.4 Å². The Hall–Kier alpha value is -1.31. The molecule has 1 aromatic rings. The standard InChI is InChI=1S/C18H28N4O.HI/c1-3-11-21-18(19-4-2)22-14-15-10-12-20-17(13-15)23-16-8-6-5-7-9-16;/h3,10,12-13,16H,1,4-9,11,14H2,2H3,(H2,19,21,22);1H. The Morgan fingerprint density at radius 1 is 1.38 bits per heavy atom. The van der Waals surface area contributed by atoms with Gasteiger partial charge < -0.3 is 15.4 Å². The lowest BCUT2D eigenvalue weighted by atomic mass is 9.98. The van der Waals surface area contributed by atoms with E-state index < -0.39 is 0 Å². The highest BCUT2D eigenvalue weighted by Gasteiger charge is 2.15. The molecule has 0 spiro atoms. The smallest absolute Gasteiger partial charge is 0.213 e. The summed E-state index contributed by atoms with van der Waals surface area (Å²) in [7, 11) is 0. The molecule has 24 heavy (non-hydrogen) atoms. The summed E-state index contributed by atoms with van der Waals surface area (Å²) in [6.45, 7) is 7.87. The summed E-state index contributed by atoms with van der Waals surface area (Å²) in [4.78, 5) is 8.90. The first-order valence-corrected chi connectivity index (χ1v) is 8.56. The van der Waals surface area contributed by atoms with Crippen molar-refractivity contribution in [2.75, 3.05) is 13.1 Å². The Kier molecular flexibility index (Phi) is 10.5. The average molecular weight is 444 g/mol. The number of hydrogen-bond acceptors (Lipinski definition) is 3. The van der Waals surface area contributed by atoms with E-state index in [-0.39, 0.29) is 24.0 Å². The summed E-state index contributed by atoms with van der Waals surface area (Å²) in [5.74, 6) is 1.51. The summed E-state index contributed by atoms with van der Waals surface area (Å²) < 4.78 is 6.01. The fraction of sp³-hybridized carbons (Fsp3) is 0.556. The van der Waals surface area contributed by atoms with Crippen molar-refractivity contribution in [2.45, 2.75) is 51.7 Å². The second-order valence-electron chi connectivity index (χ2n) is 5.74. The molecule has 6 heteroatoms. The first-order chi connectivity index (χ1) is 11.3. The molecule has 0 aliphatic heterocycles. The van der Waals surface area contributed by atoms with Crippen molar-refractivity contribution in [3.63, 3.8) is 0 Å². The molecular weight excluding hydrogens is 415 g/mol. The number of aliphatic imine (C=N–C) groups is 1. The molecule has 2 rings (SSSR count). The fourth-order valence-electron chi connectivity index (χ4n) is 2.65. The molecular formula is C18H29IN4O. The van der Waals surface area contributed by atoms with Gasteiger partial charge in [0.05, 0.1) is 6.54 Å². The van der Waals surface area contributed by atoms with Gasteiger partial charge in [-0.25, -0.2) is 9.98 Å². The molecule has 0 saturated heterocycles. The number of aromatic nitrogens is 1. The van der Waals surface area contributed by atoms with Crippen LogP contribution in [0.3, 0.4) is 0 Å². The van der Waals surface area contributed by atoms with Gasteiger partial charge in [0.2, 0.25) is 5.88 Å². The number of halogens is 1. The molecule has 134 valence electrons. The van der Waals surface area contributed by atoms with Crippen LogP contribution in [-0.4, -0.2) is 30.1 Å². The van der Waals surface area contributed by atoms with Gasteiger partial charge in [0.15, 0.2) is 5.96 Å². The summed E-state index contributed by atoms with van der Waals surface area (Å²) in [5.41, 5.74) is 1.10. The lowest BCUT2D eigenvalue weighted by Crippen LogP contribution is -2.37. The third-order valence-corrected chi connectivity index (χ3v) is 3.82. The van der Waals surface area contributed by atoms with E-state index in [1.807, 2.05) is 25.1 Å². The monoisotopic (exact) mass is 444 g/mol. The van der Waals surface area contributed by atoms with E-state index >= 15 is 0 Å². The average Bonchev–Trinajstić information content (AvgIpc) is 2.59. The van der Waals surface area contributed by atoms with Crippen molar-refractivity contribution in [3.8, 4) is 5.88 Å². The second-order valence-corrected chi connectivity index (χ2v) is 5.74. The highest BCUT2D eigenvalue weighted by molar-refractivity contribution is 14.0. The zero-order chi connectivity index (χ0) is 16.3. The van der Waals surface area contributed by atoms with Crippen molar-refractivity contribution in [3.05, 3.63) is 36.5 Å². The molecule has 0 unspecified atom stereocenters. The zero-order valence-corrected chi connectivity index (χ0v) is 16.8. The van der Waals surface area contributed by atoms with E-state index in [2.05, 4.69) is 27.2 Å². The van der Waals surface area contributed by atoms with E-state index in [0.717, 1.165) is 30.9 Å². The molecule has 0 bridgehead atoms. The maximum Gasteiger partial charge on any atom is 0.213 e. The van der Waals surface area contributed by atoms with Crippen molar-refractivity contribution in [1.82, 2.24) is 15.6 Å². The predicted octanol–water partition coefficient (Wildman–Crippen LogP) is 3.65. The van der Waals surface area contributed by atoms with Crippen LogP contribution in [0.15, 0.2) is 36.0 Å². The highest BCUT2D eigenvalue weighted by Crippen LogP contribution is 2.22. The first kappa shape index (κ1) is 20.7. The van der Waals surface area contributed by atoms with E-state index in [9.17, 15) is 0 Å². The number of rotatable bonds is 7. The SMILES string of the molecule is C=CCNC(=NCc1ccnc(OC2CCCCC2)c1)NCC.I. The van der Waals surface area contributed by atoms with Gasteiger partial charge in [0.25, 0.3) is 0 Å². The predicted molar refractivity (Wildman–Crippen MR) is 110 cm³/mol. The minimum atomic E-state index is 0. The van der Waals surface area contributed by atoms with Gasteiger partial charge in [-0.2, -0.15) is 0 Å². The van der Waals surface area contributed by atoms with E-state index in [4.69, 9.17) is 4.74 Å².